The first kappa shape index (κ1) is 10.3. The second-order valence-electron chi connectivity index (χ2n) is 3.74. The molecule has 4 nitrogen and oxygen atoms in total. The van der Waals surface area contributed by atoms with Crippen molar-refractivity contribution in [1.29, 1.82) is 0 Å². The topological polar surface area (TPSA) is 42.7 Å². The Bertz CT molecular complexity index is 641. The van der Waals surface area contributed by atoms with Crippen LogP contribution in [0.25, 0.3) is 10.9 Å². The number of nitrogens with zero attached hydrogens (tertiary/aromatic N) is 3. The molecule has 0 saturated carbocycles. The zero-order chi connectivity index (χ0) is 11.7. The van der Waals surface area contributed by atoms with E-state index in [0.717, 1.165) is 28.1 Å². The summed E-state index contributed by atoms with van der Waals surface area (Å²) < 4.78 is 6.29. The first-order chi connectivity index (χ1) is 8.36. The summed E-state index contributed by atoms with van der Waals surface area (Å²) >= 11 is 1.48. The summed E-state index contributed by atoms with van der Waals surface area (Å²) in [6, 6.07) is 8.12. The molecule has 17 heavy (non-hydrogen) atoms. The Morgan fingerprint density at radius 3 is 3.06 bits per heavy atom. The first-order valence-corrected chi connectivity index (χ1v) is 6.28. The lowest BCUT2D eigenvalue weighted by atomic mass is 10.2. The molecule has 1 aromatic carbocycles. The monoisotopic (exact) mass is 244 g/mol. The first-order valence-electron chi connectivity index (χ1n) is 5.50. The molecule has 1 N–H and O–H groups in total. The second-order valence-corrected chi connectivity index (χ2v) is 4.51. The Labute approximate surface area is 103 Å². The minimum atomic E-state index is 0.880. The maximum Gasteiger partial charge on any atom is 0.121 e. The summed E-state index contributed by atoms with van der Waals surface area (Å²) in [5.41, 5.74) is 2.03. The van der Waals surface area contributed by atoms with Crippen LogP contribution in [0.5, 0.6) is 0 Å². The summed E-state index contributed by atoms with van der Waals surface area (Å²) in [7, 11) is 0. The average Bonchev–Trinajstić information content (AvgIpc) is 2.97. The summed E-state index contributed by atoms with van der Waals surface area (Å²) in [5.74, 6) is 0. The predicted molar refractivity (Wildman–Crippen MR) is 70.8 cm³/mol. The molecule has 0 aliphatic heterocycles. The number of anilines is 2. The molecular weight excluding hydrogens is 232 g/mol. The van der Waals surface area contributed by atoms with Gasteiger partial charge in [-0.05, 0) is 30.6 Å². The number of hydrogen-bond donors (Lipinski definition) is 1. The molecule has 2 heterocycles. The zero-order valence-corrected chi connectivity index (χ0v) is 10.2. The number of fused-ring (bicyclic) bond motifs is 1. The van der Waals surface area contributed by atoms with Gasteiger partial charge in [-0.25, -0.2) is 0 Å². The Balaban J connectivity index is 1.94. The van der Waals surface area contributed by atoms with Crippen LogP contribution in [0.1, 0.15) is 6.92 Å². The molecule has 0 aliphatic rings. The van der Waals surface area contributed by atoms with Gasteiger partial charge in [0.05, 0.1) is 17.4 Å². The van der Waals surface area contributed by atoms with Gasteiger partial charge >= 0.3 is 0 Å². The molecule has 0 amide bonds. The van der Waals surface area contributed by atoms with E-state index in [1.54, 1.807) is 0 Å². The van der Waals surface area contributed by atoms with Crippen LogP contribution in [0, 0.1) is 0 Å². The highest BCUT2D eigenvalue weighted by molar-refractivity contribution is 7.11. The largest absolute Gasteiger partial charge is 0.343 e. The molecule has 3 aromatic rings. The van der Waals surface area contributed by atoms with Crippen LogP contribution < -0.4 is 5.32 Å². The lowest BCUT2D eigenvalue weighted by Crippen LogP contribution is -1.92. The van der Waals surface area contributed by atoms with Crippen LogP contribution in [-0.2, 0) is 6.54 Å². The Hall–Kier alpha value is -1.88. The van der Waals surface area contributed by atoms with Crippen molar-refractivity contribution >= 4 is 33.1 Å². The van der Waals surface area contributed by atoms with Gasteiger partial charge in [0.2, 0.25) is 0 Å². The maximum absolute atomic E-state index is 4.39. The number of benzene rings is 1. The fourth-order valence-electron chi connectivity index (χ4n) is 1.71. The second kappa shape index (κ2) is 4.18. The lowest BCUT2D eigenvalue weighted by molar-refractivity contribution is 0.660. The maximum atomic E-state index is 4.39. The van der Waals surface area contributed by atoms with E-state index < -0.39 is 0 Å². The van der Waals surface area contributed by atoms with Crippen LogP contribution in [0.4, 0.5) is 10.7 Å². The SMILES string of the molecule is CCn1cc(Nc2snc3ccccc23)cn1. The van der Waals surface area contributed by atoms with E-state index in [-0.39, 0.29) is 0 Å². The Morgan fingerprint density at radius 2 is 2.24 bits per heavy atom. The quantitative estimate of drug-likeness (QED) is 0.769. The average molecular weight is 244 g/mol. The van der Waals surface area contributed by atoms with Gasteiger partial charge in [-0.15, -0.1) is 0 Å². The van der Waals surface area contributed by atoms with E-state index in [1.165, 1.54) is 11.5 Å². The van der Waals surface area contributed by atoms with Crippen molar-refractivity contribution in [2.45, 2.75) is 13.5 Å². The van der Waals surface area contributed by atoms with Gasteiger partial charge in [0.25, 0.3) is 0 Å². The summed E-state index contributed by atoms with van der Waals surface area (Å²) in [6.07, 6.45) is 3.83. The van der Waals surface area contributed by atoms with Crippen molar-refractivity contribution < 1.29 is 0 Å². The number of rotatable bonds is 3. The van der Waals surface area contributed by atoms with Crippen molar-refractivity contribution in [3.63, 3.8) is 0 Å². The third-order valence-corrected chi connectivity index (χ3v) is 3.39. The lowest BCUT2D eigenvalue weighted by Gasteiger charge is -1.99. The van der Waals surface area contributed by atoms with Crippen molar-refractivity contribution in [3.05, 3.63) is 36.7 Å². The smallest absolute Gasteiger partial charge is 0.121 e. The normalized spacial score (nSPS) is 10.9. The molecule has 3 rings (SSSR count). The molecule has 0 unspecified atom stereocenters. The number of hydrogen-bond acceptors (Lipinski definition) is 4. The highest BCUT2D eigenvalue weighted by Crippen LogP contribution is 2.29. The molecule has 0 radical (unpaired) electrons. The molecule has 0 aliphatic carbocycles. The summed E-state index contributed by atoms with van der Waals surface area (Å²) in [5, 5.41) is 9.81. The molecule has 0 atom stereocenters. The number of nitrogens with one attached hydrogen (secondary N) is 1. The summed E-state index contributed by atoms with van der Waals surface area (Å²) in [4.78, 5) is 0. The van der Waals surface area contributed by atoms with Crippen LogP contribution in [0.3, 0.4) is 0 Å². The fourth-order valence-corrected chi connectivity index (χ4v) is 2.49. The molecule has 0 bridgehead atoms. The molecule has 5 heteroatoms. The van der Waals surface area contributed by atoms with Crippen LogP contribution in [0.15, 0.2) is 36.7 Å². The summed E-state index contributed by atoms with van der Waals surface area (Å²) in [6.45, 7) is 2.95. The van der Waals surface area contributed by atoms with Gasteiger partial charge < -0.3 is 5.32 Å². The molecule has 2 aromatic heterocycles. The van der Waals surface area contributed by atoms with Gasteiger partial charge in [0.1, 0.15) is 5.00 Å². The van der Waals surface area contributed by atoms with Crippen LogP contribution >= 0.6 is 11.5 Å². The third-order valence-electron chi connectivity index (χ3n) is 2.60. The molecule has 86 valence electrons. The molecule has 0 saturated heterocycles. The third kappa shape index (κ3) is 1.89. The Kier molecular flexibility index (Phi) is 2.53. The highest BCUT2D eigenvalue weighted by Gasteiger charge is 2.06. The minimum Gasteiger partial charge on any atom is -0.343 e. The van der Waals surface area contributed by atoms with E-state index in [0.29, 0.717) is 0 Å². The van der Waals surface area contributed by atoms with E-state index in [9.17, 15) is 0 Å². The fraction of sp³-hybridized carbons (Fsp3) is 0.167. The van der Waals surface area contributed by atoms with Crippen molar-refractivity contribution in [2.75, 3.05) is 5.32 Å². The molecular formula is C12H12N4S. The van der Waals surface area contributed by atoms with Gasteiger partial charge in [0.15, 0.2) is 0 Å². The van der Waals surface area contributed by atoms with E-state index in [2.05, 4.69) is 27.8 Å². The van der Waals surface area contributed by atoms with Gasteiger partial charge in [0, 0.05) is 18.1 Å². The molecule has 0 fully saturated rings. The van der Waals surface area contributed by atoms with Crippen molar-refractivity contribution in [3.8, 4) is 0 Å². The number of aryl methyl sites for hydroxylation is 1. The van der Waals surface area contributed by atoms with Crippen molar-refractivity contribution in [1.82, 2.24) is 14.2 Å². The van der Waals surface area contributed by atoms with E-state index in [1.807, 2.05) is 35.3 Å². The Morgan fingerprint density at radius 1 is 1.35 bits per heavy atom. The van der Waals surface area contributed by atoms with E-state index >= 15 is 0 Å². The zero-order valence-electron chi connectivity index (χ0n) is 9.42. The van der Waals surface area contributed by atoms with Crippen LogP contribution in [-0.4, -0.2) is 14.2 Å². The van der Waals surface area contributed by atoms with Gasteiger partial charge in [-0.3, -0.25) is 4.68 Å². The van der Waals surface area contributed by atoms with Crippen LogP contribution in [0.2, 0.25) is 0 Å². The standard InChI is InChI=1S/C12H12N4S/c1-2-16-8-9(7-13-16)14-12-10-5-3-4-6-11(10)15-17-12/h3-8,14H,2H2,1H3. The van der Waals surface area contributed by atoms with E-state index in [4.69, 9.17) is 0 Å². The van der Waals surface area contributed by atoms with Gasteiger partial charge in [-0.2, -0.15) is 9.47 Å². The van der Waals surface area contributed by atoms with Crippen molar-refractivity contribution in [2.24, 2.45) is 0 Å². The van der Waals surface area contributed by atoms with Gasteiger partial charge in [-0.1, -0.05) is 12.1 Å². The highest BCUT2D eigenvalue weighted by atomic mass is 32.1. The number of aromatic nitrogens is 3. The molecule has 0 spiro atoms. The predicted octanol–water partition coefficient (Wildman–Crippen LogP) is 3.26. The minimum absolute atomic E-state index is 0.880.